The summed E-state index contributed by atoms with van der Waals surface area (Å²) in [5.41, 5.74) is 0.200. The van der Waals surface area contributed by atoms with Crippen molar-refractivity contribution >= 4 is 26.0 Å². The first-order valence-corrected chi connectivity index (χ1v) is 11.5. The minimum Gasteiger partial charge on any atom is -0.208 e. The van der Waals surface area contributed by atoms with Crippen molar-refractivity contribution in [3.8, 4) is 0 Å². The SMILES string of the molecule is CCC(NS(=O)(=O)c1ccc(Br)cc1)C12CC3CC(CC(C3)C1)C2. The first kappa shape index (κ1) is 17.0. The van der Waals surface area contributed by atoms with E-state index >= 15 is 0 Å². The highest BCUT2D eigenvalue weighted by atomic mass is 79.9. The van der Waals surface area contributed by atoms with Gasteiger partial charge in [0.1, 0.15) is 0 Å². The van der Waals surface area contributed by atoms with Crippen LogP contribution < -0.4 is 4.72 Å². The number of halogens is 1. The summed E-state index contributed by atoms with van der Waals surface area (Å²) in [6.07, 6.45) is 8.70. The van der Waals surface area contributed by atoms with Gasteiger partial charge in [0.05, 0.1) is 4.90 Å². The molecule has 24 heavy (non-hydrogen) atoms. The molecular formula is C19H26BrNO2S. The molecule has 1 atom stereocenters. The Kier molecular flexibility index (Phi) is 4.33. The summed E-state index contributed by atoms with van der Waals surface area (Å²) < 4.78 is 29.7. The Morgan fingerprint density at radius 1 is 1.08 bits per heavy atom. The molecule has 4 bridgehead atoms. The zero-order valence-corrected chi connectivity index (χ0v) is 16.6. The van der Waals surface area contributed by atoms with E-state index in [1.54, 1.807) is 24.3 Å². The third kappa shape index (κ3) is 2.97. The molecule has 1 aromatic rings. The highest BCUT2D eigenvalue weighted by molar-refractivity contribution is 9.10. The maximum atomic E-state index is 12.9. The van der Waals surface area contributed by atoms with E-state index in [4.69, 9.17) is 0 Å². The molecule has 1 aromatic carbocycles. The summed E-state index contributed by atoms with van der Waals surface area (Å²) in [4.78, 5) is 0.369. The topological polar surface area (TPSA) is 46.2 Å². The zero-order chi connectivity index (χ0) is 16.9. The molecule has 0 aromatic heterocycles. The lowest BCUT2D eigenvalue weighted by Crippen LogP contribution is -2.56. The summed E-state index contributed by atoms with van der Waals surface area (Å²) in [5, 5.41) is 0. The molecule has 0 radical (unpaired) electrons. The Morgan fingerprint density at radius 2 is 1.58 bits per heavy atom. The number of nitrogens with one attached hydrogen (secondary N) is 1. The predicted molar refractivity (Wildman–Crippen MR) is 99.1 cm³/mol. The van der Waals surface area contributed by atoms with Crippen molar-refractivity contribution in [2.24, 2.45) is 23.2 Å². The Labute approximate surface area is 153 Å². The Hall–Kier alpha value is -0.390. The maximum Gasteiger partial charge on any atom is 0.240 e. The molecule has 4 saturated carbocycles. The number of sulfonamides is 1. The van der Waals surface area contributed by atoms with Crippen LogP contribution in [-0.4, -0.2) is 14.5 Å². The van der Waals surface area contributed by atoms with Crippen molar-refractivity contribution in [3.63, 3.8) is 0 Å². The summed E-state index contributed by atoms with van der Waals surface area (Å²) in [6, 6.07) is 7.01. The molecule has 4 aliphatic rings. The Balaban J connectivity index is 1.59. The molecule has 132 valence electrons. The fourth-order valence-electron chi connectivity index (χ4n) is 6.11. The van der Waals surface area contributed by atoms with Crippen molar-refractivity contribution in [2.45, 2.75) is 62.8 Å². The molecule has 4 aliphatic carbocycles. The second-order valence-electron chi connectivity index (χ2n) is 8.32. The van der Waals surface area contributed by atoms with Crippen molar-refractivity contribution < 1.29 is 8.42 Å². The standard InChI is InChI=1S/C19H26BrNO2S/c1-2-18(21-24(22,23)17-5-3-16(20)4-6-17)19-10-13-7-14(11-19)9-15(8-13)12-19/h3-6,13-15,18,21H,2,7-12H2,1H3. The molecule has 1 N–H and O–H groups in total. The highest BCUT2D eigenvalue weighted by Gasteiger charge is 2.54. The van der Waals surface area contributed by atoms with Gasteiger partial charge in [-0.1, -0.05) is 22.9 Å². The van der Waals surface area contributed by atoms with E-state index in [1.165, 1.54) is 38.5 Å². The van der Waals surface area contributed by atoms with E-state index in [0.717, 1.165) is 28.6 Å². The second-order valence-corrected chi connectivity index (χ2v) is 10.9. The van der Waals surface area contributed by atoms with Crippen LogP contribution >= 0.6 is 15.9 Å². The van der Waals surface area contributed by atoms with Gasteiger partial charge < -0.3 is 0 Å². The first-order valence-electron chi connectivity index (χ1n) is 9.18. The number of hydrogen-bond donors (Lipinski definition) is 1. The van der Waals surface area contributed by atoms with Crippen LogP contribution in [0.5, 0.6) is 0 Å². The molecule has 0 spiro atoms. The van der Waals surface area contributed by atoms with Crippen molar-refractivity contribution in [1.82, 2.24) is 4.72 Å². The van der Waals surface area contributed by atoms with Crippen LogP contribution in [0.2, 0.25) is 0 Å². The van der Waals surface area contributed by atoms with E-state index in [-0.39, 0.29) is 11.5 Å². The lowest BCUT2D eigenvalue weighted by Gasteiger charge is -2.59. The fraction of sp³-hybridized carbons (Fsp3) is 0.684. The summed E-state index contributed by atoms with van der Waals surface area (Å²) in [6.45, 7) is 2.13. The van der Waals surface area contributed by atoms with Gasteiger partial charge in [0.15, 0.2) is 0 Å². The monoisotopic (exact) mass is 411 g/mol. The van der Waals surface area contributed by atoms with Crippen molar-refractivity contribution in [1.29, 1.82) is 0 Å². The van der Waals surface area contributed by atoms with Gasteiger partial charge in [0.25, 0.3) is 0 Å². The number of hydrogen-bond acceptors (Lipinski definition) is 2. The van der Waals surface area contributed by atoms with Gasteiger partial charge in [-0.05, 0) is 92.4 Å². The molecule has 0 aliphatic heterocycles. The summed E-state index contributed by atoms with van der Waals surface area (Å²) in [7, 11) is -3.45. The Morgan fingerprint density at radius 3 is 2.04 bits per heavy atom. The third-order valence-electron chi connectivity index (χ3n) is 6.65. The molecule has 4 fully saturated rings. The first-order chi connectivity index (χ1) is 11.4. The molecule has 0 amide bonds. The molecule has 3 nitrogen and oxygen atoms in total. The summed E-state index contributed by atoms with van der Waals surface area (Å²) >= 11 is 3.37. The Bertz CT molecular complexity index is 678. The molecule has 5 heteroatoms. The van der Waals surface area contributed by atoms with Gasteiger partial charge >= 0.3 is 0 Å². The van der Waals surface area contributed by atoms with E-state index in [9.17, 15) is 8.42 Å². The van der Waals surface area contributed by atoms with Crippen LogP contribution in [0.3, 0.4) is 0 Å². The molecule has 1 unspecified atom stereocenters. The maximum absolute atomic E-state index is 12.9. The second kappa shape index (κ2) is 6.10. The molecular weight excluding hydrogens is 386 g/mol. The van der Waals surface area contributed by atoms with Crippen molar-refractivity contribution in [3.05, 3.63) is 28.7 Å². The van der Waals surface area contributed by atoms with Gasteiger partial charge in [-0.15, -0.1) is 0 Å². The van der Waals surface area contributed by atoms with Gasteiger partial charge in [-0.25, -0.2) is 13.1 Å². The highest BCUT2D eigenvalue weighted by Crippen LogP contribution is 2.61. The normalized spacial score (nSPS) is 36.0. The minimum atomic E-state index is -3.45. The fourth-order valence-corrected chi connectivity index (χ4v) is 7.80. The smallest absolute Gasteiger partial charge is 0.208 e. The zero-order valence-electron chi connectivity index (χ0n) is 14.2. The number of benzene rings is 1. The van der Waals surface area contributed by atoms with Gasteiger partial charge in [-0.3, -0.25) is 0 Å². The van der Waals surface area contributed by atoms with Crippen LogP contribution in [0, 0.1) is 23.2 Å². The average molecular weight is 412 g/mol. The van der Waals surface area contributed by atoms with Crippen LogP contribution in [0.25, 0.3) is 0 Å². The lowest BCUT2D eigenvalue weighted by molar-refractivity contribution is -0.0704. The quantitative estimate of drug-likeness (QED) is 0.761. The van der Waals surface area contributed by atoms with E-state index in [1.807, 2.05) is 0 Å². The molecule has 5 rings (SSSR count). The predicted octanol–water partition coefficient (Wildman–Crippen LogP) is 4.72. The molecule has 0 saturated heterocycles. The third-order valence-corrected chi connectivity index (χ3v) is 8.67. The van der Waals surface area contributed by atoms with E-state index < -0.39 is 10.0 Å². The number of rotatable bonds is 5. The largest absolute Gasteiger partial charge is 0.240 e. The van der Waals surface area contributed by atoms with E-state index in [2.05, 4.69) is 27.6 Å². The lowest BCUT2D eigenvalue weighted by atomic mass is 9.47. The van der Waals surface area contributed by atoms with Crippen LogP contribution in [0.15, 0.2) is 33.6 Å². The van der Waals surface area contributed by atoms with Crippen LogP contribution in [-0.2, 0) is 10.0 Å². The average Bonchev–Trinajstić information content (AvgIpc) is 2.51. The van der Waals surface area contributed by atoms with Gasteiger partial charge in [0, 0.05) is 10.5 Å². The van der Waals surface area contributed by atoms with Crippen molar-refractivity contribution in [2.75, 3.05) is 0 Å². The summed E-state index contributed by atoms with van der Waals surface area (Å²) in [5.74, 6) is 2.51. The van der Waals surface area contributed by atoms with Crippen LogP contribution in [0.1, 0.15) is 51.9 Å². The van der Waals surface area contributed by atoms with Crippen LogP contribution in [0.4, 0.5) is 0 Å². The van der Waals surface area contributed by atoms with Gasteiger partial charge in [-0.2, -0.15) is 0 Å². The van der Waals surface area contributed by atoms with Gasteiger partial charge in [0.2, 0.25) is 10.0 Å². The van der Waals surface area contributed by atoms with E-state index in [0.29, 0.717) is 4.90 Å². The minimum absolute atomic E-state index is 0.0690. The molecule has 0 heterocycles.